The monoisotopic (exact) mass is 440 g/mol. The van der Waals surface area contributed by atoms with Gasteiger partial charge in [0.2, 0.25) is 0 Å². The van der Waals surface area contributed by atoms with Crippen LogP contribution in [0.25, 0.3) is 0 Å². The Morgan fingerprint density at radius 1 is 0.656 bits per heavy atom. The van der Waals surface area contributed by atoms with Gasteiger partial charge in [-0.2, -0.15) is 0 Å². The first-order valence-electron chi connectivity index (χ1n) is 10.7. The van der Waals surface area contributed by atoms with E-state index >= 15 is 0 Å². The van der Waals surface area contributed by atoms with E-state index in [4.69, 9.17) is 20.9 Å². The predicted octanol–water partition coefficient (Wildman–Crippen LogP) is 2.82. The molecule has 7 nitrogen and oxygen atoms in total. The van der Waals surface area contributed by atoms with Crippen molar-refractivity contribution < 1.29 is 23.9 Å². The fourth-order valence-corrected chi connectivity index (χ4v) is 2.93. The lowest BCUT2D eigenvalue weighted by molar-refractivity contribution is -0.138. The van der Waals surface area contributed by atoms with Gasteiger partial charge in [0.15, 0.2) is 5.78 Å². The van der Waals surface area contributed by atoms with Gasteiger partial charge in [-0.1, -0.05) is 52.0 Å². The van der Waals surface area contributed by atoms with Gasteiger partial charge in [0.1, 0.15) is 17.5 Å². The molecule has 0 heterocycles. The van der Waals surface area contributed by atoms with Crippen LogP contribution in [0.15, 0.2) is 48.5 Å². The summed E-state index contributed by atoms with van der Waals surface area (Å²) in [6.45, 7) is 7.17. The Hall–Kier alpha value is -3.03. The third-order valence-corrected chi connectivity index (χ3v) is 4.90. The van der Waals surface area contributed by atoms with Crippen molar-refractivity contribution in [1.82, 2.24) is 0 Å². The van der Waals surface area contributed by atoms with Gasteiger partial charge in [0.05, 0.1) is 12.0 Å². The lowest BCUT2D eigenvalue weighted by Crippen LogP contribution is -2.36. The third-order valence-electron chi connectivity index (χ3n) is 4.90. The van der Waals surface area contributed by atoms with Crippen LogP contribution in [-0.4, -0.2) is 29.8 Å². The molecule has 0 amide bonds. The van der Waals surface area contributed by atoms with Gasteiger partial charge >= 0.3 is 11.9 Å². The highest BCUT2D eigenvalue weighted by atomic mass is 16.5. The second-order valence-corrected chi connectivity index (χ2v) is 8.46. The fourth-order valence-electron chi connectivity index (χ4n) is 2.93. The molecule has 2 atom stereocenters. The lowest BCUT2D eigenvalue weighted by atomic mass is 9.96. The summed E-state index contributed by atoms with van der Waals surface area (Å²) < 4.78 is 10.6. The van der Waals surface area contributed by atoms with Gasteiger partial charge in [-0.25, -0.2) is 4.79 Å². The number of carbonyl (C=O) groups excluding carboxylic acids is 3. The van der Waals surface area contributed by atoms with E-state index in [0.717, 1.165) is 11.1 Å². The lowest BCUT2D eigenvalue weighted by Gasteiger charge is -2.14. The SMILES string of the molecule is CC(C)C(=O)Oc1ccc(C[C@H](N)C(=O)Oc2ccc(C[C@H](N)C(=O)C(C)C)cc2)cc1. The second-order valence-electron chi connectivity index (χ2n) is 8.46. The zero-order valence-electron chi connectivity index (χ0n) is 19.0. The zero-order valence-corrected chi connectivity index (χ0v) is 19.0. The van der Waals surface area contributed by atoms with Crippen molar-refractivity contribution in [2.45, 2.75) is 52.6 Å². The van der Waals surface area contributed by atoms with Crippen molar-refractivity contribution in [3.63, 3.8) is 0 Å². The quantitative estimate of drug-likeness (QED) is 0.430. The molecule has 172 valence electrons. The fraction of sp³-hybridized carbons (Fsp3) is 0.400. The number of carbonyl (C=O) groups is 3. The average Bonchev–Trinajstić information content (AvgIpc) is 2.75. The van der Waals surface area contributed by atoms with Crippen LogP contribution in [0.2, 0.25) is 0 Å². The van der Waals surface area contributed by atoms with Crippen molar-refractivity contribution in [3.05, 3.63) is 59.7 Å². The highest BCUT2D eigenvalue weighted by Gasteiger charge is 2.19. The van der Waals surface area contributed by atoms with Crippen molar-refractivity contribution in [3.8, 4) is 11.5 Å². The molecule has 0 unspecified atom stereocenters. The number of ether oxygens (including phenoxy) is 2. The van der Waals surface area contributed by atoms with Crippen LogP contribution in [0.3, 0.4) is 0 Å². The molecular weight excluding hydrogens is 408 g/mol. The first-order valence-corrected chi connectivity index (χ1v) is 10.7. The summed E-state index contributed by atoms with van der Waals surface area (Å²) in [6, 6.07) is 12.3. The number of benzene rings is 2. The summed E-state index contributed by atoms with van der Waals surface area (Å²) in [4.78, 5) is 35.9. The van der Waals surface area contributed by atoms with E-state index in [1.807, 2.05) is 13.8 Å². The van der Waals surface area contributed by atoms with E-state index in [1.165, 1.54) is 0 Å². The van der Waals surface area contributed by atoms with E-state index in [2.05, 4.69) is 0 Å². The molecule has 0 aliphatic rings. The number of ketones is 1. The smallest absolute Gasteiger partial charge is 0.328 e. The van der Waals surface area contributed by atoms with Crippen molar-refractivity contribution in [2.24, 2.45) is 23.3 Å². The van der Waals surface area contributed by atoms with Gasteiger partial charge in [-0.05, 0) is 48.2 Å². The molecule has 7 heteroatoms. The molecule has 0 aliphatic carbocycles. The first-order chi connectivity index (χ1) is 15.1. The third kappa shape index (κ3) is 7.59. The highest BCUT2D eigenvalue weighted by Crippen LogP contribution is 2.17. The van der Waals surface area contributed by atoms with Crippen molar-refractivity contribution in [2.75, 3.05) is 0 Å². The molecule has 0 fully saturated rings. The Kier molecular flexibility index (Phi) is 9.11. The van der Waals surface area contributed by atoms with Crippen LogP contribution < -0.4 is 20.9 Å². The molecule has 0 aromatic heterocycles. The van der Waals surface area contributed by atoms with E-state index in [9.17, 15) is 14.4 Å². The molecule has 0 bridgehead atoms. The second kappa shape index (κ2) is 11.5. The molecule has 2 aromatic rings. The van der Waals surface area contributed by atoms with Gasteiger partial charge in [0.25, 0.3) is 0 Å². The summed E-state index contributed by atoms with van der Waals surface area (Å²) >= 11 is 0. The minimum Gasteiger partial charge on any atom is -0.426 e. The molecule has 4 N–H and O–H groups in total. The Morgan fingerprint density at radius 3 is 1.47 bits per heavy atom. The number of rotatable bonds is 10. The van der Waals surface area contributed by atoms with Crippen LogP contribution in [-0.2, 0) is 27.2 Å². The summed E-state index contributed by atoms with van der Waals surface area (Å²) in [5.74, 6) is -0.369. The zero-order chi connectivity index (χ0) is 23.8. The molecule has 2 rings (SSSR count). The highest BCUT2D eigenvalue weighted by molar-refractivity contribution is 5.85. The standard InChI is InChI=1S/C25H32N2O5/c1-15(2)23(28)21(26)13-17-5-11-20(12-6-17)32-25(30)22(27)14-18-7-9-19(10-8-18)31-24(29)16(3)4/h5-12,15-16,21-22H,13-14,26-27H2,1-4H3/t21-,22-/m0/s1. The average molecular weight is 441 g/mol. The van der Waals surface area contributed by atoms with Crippen LogP contribution in [0.4, 0.5) is 0 Å². The maximum atomic E-state index is 12.3. The number of hydrogen-bond donors (Lipinski definition) is 2. The minimum atomic E-state index is -0.851. The van der Waals surface area contributed by atoms with Gasteiger partial charge in [-0.3, -0.25) is 9.59 Å². The molecule has 0 saturated heterocycles. The molecule has 0 saturated carbocycles. The maximum absolute atomic E-state index is 12.3. The van der Waals surface area contributed by atoms with Crippen LogP contribution >= 0.6 is 0 Å². The summed E-state index contributed by atoms with van der Waals surface area (Å²) in [6.07, 6.45) is 0.703. The van der Waals surface area contributed by atoms with Gasteiger partial charge < -0.3 is 20.9 Å². The van der Waals surface area contributed by atoms with E-state index in [0.29, 0.717) is 17.9 Å². The predicted molar refractivity (Wildman–Crippen MR) is 122 cm³/mol. The number of hydrogen-bond acceptors (Lipinski definition) is 7. The maximum Gasteiger partial charge on any atom is 0.328 e. The van der Waals surface area contributed by atoms with Crippen LogP contribution in [0.5, 0.6) is 11.5 Å². The molecular formula is C25H32N2O5. The van der Waals surface area contributed by atoms with Gasteiger partial charge in [-0.15, -0.1) is 0 Å². The Labute approximate surface area is 189 Å². The number of esters is 2. The number of Topliss-reactive ketones (excluding diaryl/α,β-unsaturated/α-hetero) is 1. The van der Waals surface area contributed by atoms with Crippen LogP contribution in [0.1, 0.15) is 38.8 Å². The van der Waals surface area contributed by atoms with Crippen LogP contribution in [0, 0.1) is 11.8 Å². The molecule has 0 radical (unpaired) electrons. The van der Waals surface area contributed by atoms with E-state index in [1.54, 1.807) is 62.4 Å². The van der Waals surface area contributed by atoms with Crippen molar-refractivity contribution in [1.29, 1.82) is 0 Å². The normalized spacial score (nSPS) is 13.0. The topological polar surface area (TPSA) is 122 Å². The Balaban J connectivity index is 1.88. The van der Waals surface area contributed by atoms with Gasteiger partial charge in [0, 0.05) is 5.92 Å². The van der Waals surface area contributed by atoms with E-state index < -0.39 is 18.1 Å². The Morgan fingerprint density at radius 2 is 1.06 bits per heavy atom. The molecule has 0 aliphatic heterocycles. The molecule has 32 heavy (non-hydrogen) atoms. The Bertz CT molecular complexity index is 920. The largest absolute Gasteiger partial charge is 0.426 e. The summed E-state index contributed by atoms with van der Waals surface area (Å²) in [7, 11) is 0. The molecule has 0 spiro atoms. The number of nitrogens with two attached hydrogens (primary N) is 2. The van der Waals surface area contributed by atoms with E-state index in [-0.39, 0.29) is 30.0 Å². The van der Waals surface area contributed by atoms with Crippen molar-refractivity contribution >= 4 is 17.7 Å². The summed E-state index contributed by atoms with van der Waals surface area (Å²) in [5.41, 5.74) is 13.7. The molecule has 2 aromatic carbocycles. The summed E-state index contributed by atoms with van der Waals surface area (Å²) in [5, 5.41) is 0. The first kappa shape index (κ1) is 25.2. The minimum absolute atomic E-state index is 0.0117.